The van der Waals surface area contributed by atoms with Gasteiger partial charge in [-0.05, 0) is 108 Å². The van der Waals surface area contributed by atoms with E-state index in [0.29, 0.717) is 5.84 Å². The molecule has 1 aliphatic carbocycles. The molecule has 1 aromatic heterocycles. The quantitative estimate of drug-likeness (QED) is 0.159. The molecule has 11 aromatic rings. The van der Waals surface area contributed by atoms with Crippen LogP contribution in [0, 0.1) is 0 Å². The lowest BCUT2D eigenvalue weighted by Crippen LogP contribution is -2.15. The number of benzene rings is 10. The Morgan fingerprint density at radius 2 is 1.02 bits per heavy atom. The Kier molecular flexibility index (Phi) is 8.21. The van der Waals surface area contributed by atoms with Gasteiger partial charge in [0.25, 0.3) is 0 Å². The van der Waals surface area contributed by atoms with Crippen molar-refractivity contribution >= 4 is 71.5 Å². The van der Waals surface area contributed by atoms with Crippen molar-refractivity contribution in [2.45, 2.75) is 19.3 Å². The molecule has 2 aliphatic rings. The van der Waals surface area contributed by atoms with Crippen LogP contribution < -0.4 is 0 Å². The highest BCUT2D eigenvalue weighted by molar-refractivity contribution is 6.23. The molecule has 3 heteroatoms. The predicted molar refractivity (Wildman–Crippen MR) is 272 cm³/mol. The van der Waals surface area contributed by atoms with Crippen LogP contribution in [0.25, 0.3) is 93.3 Å². The normalized spacial score (nSPS) is 14.1. The molecule has 0 saturated heterocycles. The number of hydrogen-bond acceptors (Lipinski definition) is 3. The molecule has 1 aliphatic heterocycles. The average molecular weight is 829 g/mol. The van der Waals surface area contributed by atoms with Crippen molar-refractivity contribution in [3.8, 4) is 33.4 Å². The molecule has 0 fully saturated rings. The summed E-state index contributed by atoms with van der Waals surface area (Å²) in [5, 5.41) is 9.25. The predicted octanol–water partition coefficient (Wildman–Crippen LogP) is 16.1. The molecule has 10 aromatic carbocycles. The molecule has 65 heavy (non-hydrogen) atoms. The van der Waals surface area contributed by atoms with Crippen molar-refractivity contribution in [2.75, 3.05) is 0 Å². The highest BCUT2D eigenvalue weighted by Crippen LogP contribution is 2.49. The Balaban J connectivity index is 0.911. The largest absolute Gasteiger partial charge is 0.455 e. The summed E-state index contributed by atoms with van der Waals surface area (Å²) in [4.78, 5) is 10.7. The van der Waals surface area contributed by atoms with Crippen molar-refractivity contribution in [1.82, 2.24) is 0 Å². The number of fused-ring (bicyclic) bond motifs is 10. The third-order valence-electron chi connectivity index (χ3n) is 13.7. The van der Waals surface area contributed by atoms with Gasteiger partial charge in [0.2, 0.25) is 0 Å². The van der Waals surface area contributed by atoms with Gasteiger partial charge in [-0.1, -0.05) is 183 Å². The van der Waals surface area contributed by atoms with Gasteiger partial charge >= 0.3 is 0 Å². The number of hydrogen-bond donors (Lipinski definition) is 0. The molecule has 304 valence electrons. The van der Waals surface area contributed by atoms with E-state index >= 15 is 0 Å². The summed E-state index contributed by atoms with van der Waals surface area (Å²) in [6, 6.07) is 71.8. The van der Waals surface area contributed by atoms with Crippen LogP contribution >= 0.6 is 0 Å². The van der Waals surface area contributed by atoms with E-state index in [2.05, 4.69) is 220 Å². The van der Waals surface area contributed by atoms with Gasteiger partial charge in [0.15, 0.2) is 5.84 Å². The summed E-state index contributed by atoms with van der Waals surface area (Å²) < 4.78 is 6.56. The fourth-order valence-electron chi connectivity index (χ4n) is 10.3. The number of aliphatic imine (C=N–C) groups is 2. The standard InChI is InChI=1S/C62H40N2O/c1-62(2)55-17-8-7-15-50(55)51-29-27-47(36-56(51)62)57-32-33-58(64-61(63-57)41-21-18-39(19-22-41)43-23-20-38-10-3-4-12-42(38)34-43)52-16-9-13-46-35-44(25-28-48(46)52)45-26-30-53-54-31-24-40-11-5-6-14-49(40)60(54)65-59(53)37-45/h3-31,33-37H,1-2H3. The van der Waals surface area contributed by atoms with E-state index in [1.54, 1.807) is 0 Å². The molecule has 0 atom stereocenters. The first kappa shape index (κ1) is 37.2. The maximum atomic E-state index is 6.56. The van der Waals surface area contributed by atoms with Crippen LogP contribution in [0.3, 0.4) is 0 Å². The number of amidine groups is 1. The summed E-state index contributed by atoms with van der Waals surface area (Å²) in [6.45, 7) is 4.63. The minimum absolute atomic E-state index is 0.141. The van der Waals surface area contributed by atoms with Gasteiger partial charge in [-0.15, -0.1) is 0 Å². The molecule has 0 amide bonds. The van der Waals surface area contributed by atoms with Crippen LogP contribution in [-0.4, -0.2) is 11.5 Å². The molecule has 0 spiro atoms. The maximum absolute atomic E-state index is 6.56. The summed E-state index contributed by atoms with van der Waals surface area (Å²) in [5.41, 5.74) is 19.6. The molecule has 0 unspecified atom stereocenters. The second-order valence-corrected chi connectivity index (χ2v) is 17.9. The lowest BCUT2D eigenvalue weighted by atomic mass is 9.82. The molecule has 13 rings (SSSR count). The van der Waals surface area contributed by atoms with Crippen LogP contribution in [0.15, 0.2) is 226 Å². The van der Waals surface area contributed by atoms with Gasteiger partial charge < -0.3 is 4.42 Å². The van der Waals surface area contributed by atoms with Gasteiger partial charge in [-0.3, -0.25) is 0 Å². The average Bonchev–Trinajstić information content (AvgIpc) is 3.73. The fraction of sp³-hybridized carbons (Fsp3) is 0.0484. The fourth-order valence-corrected chi connectivity index (χ4v) is 10.3. The zero-order chi connectivity index (χ0) is 43.2. The van der Waals surface area contributed by atoms with Crippen molar-refractivity contribution in [1.29, 1.82) is 0 Å². The van der Waals surface area contributed by atoms with Crippen LogP contribution in [0.1, 0.15) is 41.7 Å². The first-order valence-electron chi connectivity index (χ1n) is 22.3. The topological polar surface area (TPSA) is 37.9 Å². The first-order chi connectivity index (χ1) is 31.9. The number of nitrogens with zero attached hydrogens (tertiary/aromatic N) is 2. The van der Waals surface area contributed by atoms with E-state index in [-0.39, 0.29) is 5.41 Å². The lowest BCUT2D eigenvalue weighted by molar-refractivity contribution is 0.660. The summed E-state index contributed by atoms with van der Waals surface area (Å²) >= 11 is 0. The maximum Gasteiger partial charge on any atom is 0.161 e. The lowest BCUT2D eigenvalue weighted by Gasteiger charge is -2.21. The third-order valence-corrected chi connectivity index (χ3v) is 13.7. The van der Waals surface area contributed by atoms with E-state index in [9.17, 15) is 0 Å². The first-order valence-corrected chi connectivity index (χ1v) is 22.3. The van der Waals surface area contributed by atoms with E-state index in [0.717, 1.165) is 82.9 Å². The van der Waals surface area contributed by atoms with Crippen molar-refractivity contribution in [3.05, 3.63) is 240 Å². The van der Waals surface area contributed by atoms with Crippen LogP contribution in [0.5, 0.6) is 0 Å². The molecular formula is C62H40N2O. The Labute approximate surface area is 376 Å². The molecule has 0 bridgehead atoms. The Bertz CT molecular complexity index is 3950. The minimum Gasteiger partial charge on any atom is -0.455 e. The second kappa shape index (κ2) is 14.3. The zero-order valence-electron chi connectivity index (χ0n) is 35.9. The van der Waals surface area contributed by atoms with Crippen LogP contribution in [0.2, 0.25) is 0 Å². The van der Waals surface area contributed by atoms with Crippen molar-refractivity contribution < 1.29 is 4.42 Å². The smallest absolute Gasteiger partial charge is 0.161 e. The van der Waals surface area contributed by atoms with Gasteiger partial charge in [0.1, 0.15) is 16.9 Å². The van der Waals surface area contributed by atoms with E-state index < -0.39 is 0 Å². The second-order valence-electron chi connectivity index (χ2n) is 17.9. The molecule has 3 nitrogen and oxygen atoms in total. The SMILES string of the molecule is CC1(C)c2ccccc2-c2ccc(C3=C=CC(c4cccc5cc(-c6ccc7c(c6)oc6c8ccccc8ccc76)ccc45)=NC(c4ccc(-c5ccc6ccccc6c5)cc4)=N3)cc21. The molecular weight excluding hydrogens is 789 g/mol. The molecule has 2 heterocycles. The van der Waals surface area contributed by atoms with Crippen LogP contribution in [-0.2, 0) is 5.41 Å². The van der Waals surface area contributed by atoms with Crippen molar-refractivity contribution in [2.24, 2.45) is 9.98 Å². The van der Waals surface area contributed by atoms with Gasteiger partial charge in [-0.25, -0.2) is 9.98 Å². The highest BCUT2D eigenvalue weighted by Gasteiger charge is 2.35. The number of allylic oxidation sites excluding steroid dienone is 1. The highest BCUT2D eigenvalue weighted by atomic mass is 16.3. The van der Waals surface area contributed by atoms with Gasteiger partial charge in [-0.2, -0.15) is 0 Å². The number of rotatable bonds is 5. The van der Waals surface area contributed by atoms with E-state index in [4.69, 9.17) is 14.4 Å². The van der Waals surface area contributed by atoms with E-state index in [1.165, 1.54) is 44.0 Å². The Morgan fingerprint density at radius 1 is 0.400 bits per heavy atom. The summed E-state index contributed by atoms with van der Waals surface area (Å²) in [6.07, 6.45) is 2.02. The summed E-state index contributed by atoms with van der Waals surface area (Å²) in [7, 11) is 0. The third kappa shape index (κ3) is 6.05. The molecule has 0 N–H and O–H groups in total. The Morgan fingerprint density at radius 3 is 1.91 bits per heavy atom. The van der Waals surface area contributed by atoms with Crippen LogP contribution in [0.4, 0.5) is 0 Å². The Hall–Kier alpha value is -8.36. The van der Waals surface area contributed by atoms with Gasteiger partial charge in [0.05, 0.1) is 5.71 Å². The number of furan rings is 1. The van der Waals surface area contributed by atoms with Crippen molar-refractivity contribution in [3.63, 3.8) is 0 Å². The monoisotopic (exact) mass is 828 g/mol. The van der Waals surface area contributed by atoms with Gasteiger partial charge in [0, 0.05) is 44.3 Å². The van der Waals surface area contributed by atoms with E-state index in [1.807, 2.05) is 6.08 Å². The molecule has 0 saturated carbocycles. The molecule has 0 radical (unpaired) electrons. The zero-order valence-corrected chi connectivity index (χ0v) is 35.9. The summed E-state index contributed by atoms with van der Waals surface area (Å²) in [5.74, 6) is 0.643. The minimum atomic E-state index is -0.141.